The first-order valence-corrected chi connectivity index (χ1v) is 5.96. The van der Waals surface area contributed by atoms with E-state index in [1.54, 1.807) is 0 Å². The van der Waals surface area contributed by atoms with Gasteiger partial charge in [0.2, 0.25) is 0 Å². The van der Waals surface area contributed by atoms with Crippen LogP contribution in [0.3, 0.4) is 0 Å². The monoisotopic (exact) mass is 340 g/mol. The van der Waals surface area contributed by atoms with Crippen LogP contribution in [0.25, 0.3) is 10.9 Å². The lowest BCUT2D eigenvalue weighted by Crippen LogP contribution is -2.41. The first-order valence-electron chi connectivity index (χ1n) is 5.17. The molecule has 0 unspecified atom stereocenters. The van der Waals surface area contributed by atoms with Gasteiger partial charge in [0, 0.05) is 16.9 Å². The lowest BCUT2D eigenvalue weighted by molar-refractivity contribution is -0.260. The SMILES string of the molecule is Cn1nc2c(F)cc(Br)cc2c1[C@](C)(O)C(F)(F)F. The van der Waals surface area contributed by atoms with Crippen LogP contribution in [0.1, 0.15) is 12.6 Å². The molecule has 0 saturated heterocycles. The Morgan fingerprint density at radius 3 is 2.42 bits per heavy atom. The zero-order chi connectivity index (χ0) is 14.6. The minimum atomic E-state index is -4.90. The van der Waals surface area contributed by atoms with Gasteiger partial charge in [0.05, 0.1) is 5.69 Å². The van der Waals surface area contributed by atoms with Gasteiger partial charge in [-0.3, -0.25) is 4.68 Å². The Balaban J connectivity index is 2.85. The van der Waals surface area contributed by atoms with Gasteiger partial charge in [0.15, 0.2) is 11.4 Å². The van der Waals surface area contributed by atoms with Crippen LogP contribution in [0.15, 0.2) is 16.6 Å². The van der Waals surface area contributed by atoms with Crippen LogP contribution in [0.2, 0.25) is 0 Å². The molecule has 8 heteroatoms. The highest BCUT2D eigenvalue weighted by atomic mass is 79.9. The first kappa shape index (κ1) is 14.3. The van der Waals surface area contributed by atoms with Crippen LogP contribution in [-0.2, 0) is 12.6 Å². The number of aryl methyl sites for hydroxylation is 1. The lowest BCUT2D eigenvalue weighted by atomic mass is 9.98. The predicted octanol–water partition coefficient (Wildman–Crippen LogP) is 3.24. The van der Waals surface area contributed by atoms with Crippen LogP contribution in [0.4, 0.5) is 17.6 Å². The molecule has 1 atom stereocenters. The van der Waals surface area contributed by atoms with Crippen LogP contribution in [0, 0.1) is 5.82 Å². The minimum absolute atomic E-state index is 0.0864. The van der Waals surface area contributed by atoms with Crippen LogP contribution < -0.4 is 0 Å². The van der Waals surface area contributed by atoms with E-state index in [1.165, 1.54) is 13.1 Å². The number of alkyl halides is 3. The maximum atomic E-state index is 13.7. The minimum Gasteiger partial charge on any atom is -0.375 e. The molecule has 1 aromatic heterocycles. The third-order valence-electron chi connectivity index (χ3n) is 2.87. The fraction of sp³-hybridized carbons (Fsp3) is 0.364. The number of nitrogens with zero attached hydrogens (tertiary/aromatic N) is 2. The van der Waals surface area contributed by atoms with E-state index in [2.05, 4.69) is 21.0 Å². The van der Waals surface area contributed by atoms with Crippen molar-refractivity contribution in [3.8, 4) is 0 Å². The number of hydrogen-bond donors (Lipinski definition) is 1. The van der Waals surface area contributed by atoms with Crippen molar-refractivity contribution in [2.45, 2.75) is 18.7 Å². The van der Waals surface area contributed by atoms with E-state index in [-0.39, 0.29) is 15.4 Å². The van der Waals surface area contributed by atoms with E-state index < -0.39 is 23.3 Å². The normalized spacial score (nSPS) is 15.8. The molecule has 0 fully saturated rings. The Morgan fingerprint density at radius 1 is 1.32 bits per heavy atom. The molecule has 0 aliphatic carbocycles. The quantitative estimate of drug-likeness (QED) is 0.809. The zero-order valence-electron chi connectivity index (χ0n) is 9.89. The van der Waals surface area contributed by atoms with Crippen LogP contribution >= 0.6 is 15.9 Å². The van der Waals surface area contributed by atoms with Gasteiger partial charge in [0.1, 0.15) is 5.52 Å². The van der Waals surface area contributed by atoms with Gasteiger partial charge in [-0.15, -0.1) is 0 Å². The van der Waals surface area contributed by atoms with Gasteiger partial charge >= 0.3 is 6.18 Å². The zero-order valence-corrected chi connectivity index (χ0v) is 11.5. The van der Waals surface area contributed by atoms with Gasteiger partial charge in [-0.05, 0) is 19.1 Å². The van der Waals surface area contributed by atoms with Crippen molar-refractivity contribution in [2.75, 3.05) is 0 Å². The molecule has 3 nitrogen and oxygen atoms in total. The predicted molar refractivity (Wildman–Crippen MR) is 64.0 cm³/mol. The second kappa shape index (κ2) is 4.17. The van der Waals surface area contributed by atoms with Crippen LogP contribution in [-0.4, -0.2) is 21.1 Å². The fourth-order valence-electron chi connectivity index (χ4n) is 1.93. The maximum Gasteiger partial charge on any atom is 0.422 e. The Hall–Kier alpha value is -1.15. The molecule has 0 aliphatic heterocycles. The highest BCUT2D eigenvalue weighted by Gasteiger charge is 2.53. The molecule has 2 rings (SSSR count). The third-order valence-corrected chi connectivity index (χ3v) is 3.33. The van der Waals surface area contributed by atoms with Crippen molar-refractivity contribution in [2.24, 2.45) is 7.05 Å². The molecule has 104 valence electrons. The largest absolute Gasteiger partial charge is 0.422 e. The number of halogens is 5. The summed E-state index contributed by atoms with van der Waals surface area (Å²) in [5, 5.41) is 13.4. The lowest BCUT2D eigenvalue weighted by Gasteiger charge is -2.26. The van der Waals surface area contributed by atoms with Crippen molar-refractivity contribution < 1.29 is 22.7 Å². The summed E-state index contributed by atoms with van der Waals surface area (Å²) >= 11 is 3.00. The summed E-state index contributed by atoms with van der Waals surface area (Å²) < 4.78 is 53.5. The Kier molecular flexibility index (Phi) is 3.13. The number of benzene rings is 1. The van der Waals surface area contributed by atoms with Gasteiger partial charge in [-0.1, -0.05) is 15.9 Å². The Labute approximate surface area is 114 Å². The Bertz CT molecular complexity index is 648. The standard InChI is InChI=1S/C11H9BrF4N2O/c1-10(19,11(14,15)16)9-6-3-5(12)4-7(13)8(6)17-18(9)2/h3-4,19H,1-2H3/t10-/m0/s1. The van der Waals surface area contributed by atoms with E-state index in [0.717, 1.165) is 10.7 Å². The van der Waals surface area contributed by atoms with Crippen molar-refractivity contribution in [3.05, 3.63) is 28.1 Å². The van der Waals surface area contributed by atoms with E-state index in [4.69, 9.17) is 0 Å². The molecule has 0 radical (unpaired) electrons. The molecule has 1 aromatic carbocycles. The van der Waals surface area contributed by atoms with Crippen molar-refractivity contribution in [1.82, 2.24) is 9.78 Å². The average molecular weight is 341 g/mol. The molecule has 1 heterocycles. The number of fused-ring (bicyclic) bond motifs is 1. The van der Waals surface area contributed by atoms with E-state index >= 15 is 0 Å². The molecule has 0 aliphatic rings. The van der Waals surface area contributed by atoms with E-state index in [0.29, 0.717) is 6.92 Å². The third kappa shape index (κ3) is 2.12. The molecule has 0 saturated carbocycles. The molecule has 1 N–H and O–H groups in total. The highest BCUT2D eigenvalue weighted by molar-refractivity contribution is 9.10. The summed E-state index contributed by atoms with van der Waals surface area (Å²) in [4.78, 5) is 0. The van der Waals surface area contributed by atoms with Crippen molar-refractivity contribution >= 4 is 26.8 Å². The fourth-order valence-corrected chi connectivity index (χ4v) is 2.36. The number of aromatic nitrogens is 2. The molecule has 0 amide bonds. The van der Waals surface area contributed by atoms with Crippen molar-refractivity contribution in [1.29, 1.82) is 0 Å². The van der Waals surface area contributed by atoms with E-state index in [1.807, 2.05) is 0 Å². The molecule has 0 bridgehead atoms. The van der Waals surface area contributed by atoms with Gasteiger partial charge < -0.3 is 5.11 Å². The van der Waals surface area contributed by atoms with Gasteiger partial charge in [-0.2, -0.15) is 18.3 Å². The molecular formula is C11H9BrF4N2O. The molecule has 2 aromatic rings. The van der Waals surface area contributed by atoms with E-state index in [9.17, 15) is 22.7 Å². The van der Waals surface area contributed by atoms with Crippen LogP contribution in [0.5, 0.6) is 0 Å². The van der Waals surface area contributed by atoms with Crippen molar-refractivity contribution in [3.63, 3.8) is 0 Å². The molecule has 0 spiro atoms. The van der Waals surface area contributed by atoms with Gasteiger partial charge in [-0.25, -0.2) is 4.39 Å². The summed E-state index contributed by atoms with van der Waals surface area (Å²) in [6, 6.07) is 2.39. The molecule has 19 heavy (non-hydrogen) atoms. The highest BCUT2D eigenvalue weighted by Crippen LogP contribution is 2.41. The second-order valence-corrected chi connectivity index (χ2v) is 5.24. The second-order valence-electron chi connectivity index (χ2n) is 4.33. The number of aliphatic hydroxyl groups is 1. The summed E-state index contributed by atoms with van der Waals surface area (Å²) in [6.07, 6.45) is -4.90. The number of rotatable bonds is 1. The maximum absolute atomic E-state index is 13.7. The summed E-state index contributed by atoms with van der Waals surface area (Å²) in [7, 11) is 1.23. The molecular weight excluding hydrogens is 332 g/mol. The van der Waals surface area contributed by atoms with Gasteiger partial charge in [0.25, 0.3) is 0 Å². The average Bonchev–Trinajstić information content (AvgIpc) is 2.53. The summed E-state index contributed by atoms with van der Waals surface area (Å²) in [5.74, 6) is -0.760. The summed E-state index contributed by atoms with van der Waals surface area (Å²) in [6.45, 7) is 0.613. The number of hydrogen-bond acceptors (Lipinski definition) is 2. The smallest absolute Gasteiger partial charge is 0.375 e. The first-order chi connectivity index (χ1) is 8.55. The Morgan fingerprint density at radius 2 is 1.89 bits per heavy atom. The topological polar surface area (TPSA) is 38.0 Å². The summed E-state index contributed by atoms with van der Waals surface area (Å²) in [5.41, 5.74) is -3.84.